The van der Waals surface area contributed by atoms with E-state index in [2.05, 4.69) is 34.1 Å². The quantitative estimate of drug-likeness (QED) is 0.780. The van der Waals surface area contributed by atoms with E-state index in [0.717, 1.165) is 13.1 Å². The maximum absolute atomic E-state index is 11.5. The Hall–Kier alpha value is -1.51. The van der Waals surface area contributed by atoms with Crippen molar-refractivity contribution in [1.82, 2.24) is 0 Å². The number of hydrogen-bond acceptors (Lipinski definition) is 3. The molecule has 1 fully saturated rings. The van der Waals surface area contributed by atoms with Gasteiger partial charge < -0.3 is 9.80 Å². The molecule has 1 heterocycles. The van der Waals surface area contributed by atoms with E-state index in [9.17, 15) is 4.79 Å². The minimum absolute atomic E-state index is 0.159. The van der Waals surface area contributed by atoms with Crippen LogP contribution in [0, 0.1) is 5.92 Å². The number of benzene rings is 1. The van der Waals surface area contributed by atoms with Gasteiger partial charge in [0.25, 0.3) is 0 Å². The van der Waals surface area contributed by atoms with E-state index < -0.39 is 0 Å². The number of Topliss-reactive ketones (excluding diaryl/α,β-unsaturated/α-hetero) is 1. The van der Waals surface area contributed by atoms with Crippen molar-refractivity contribution in [3.8, 4) is 0 Å². The zero-order valence-corrected chi connectivity index (χ0v) is 10.8. The fourth-order valence-corrected chi connectivity index (χ4v) is 2.22. The number of ketones is 1. The van der Waals surface area contributed by atoms with E-state index >= 15 is 0 Å². The molecule has 0 N–H and O–H groups in total. The first-order chi connectivity index (χ1) is 8.08. The molecule has 2 rings (SSSR count). The Balaban J connectivity index is 2.17. The molecule has 1 aliphatic heterocycles. The Bertz CT molecular complexity index is 414. The molecule has 92 valence electrons. The highest BCUT2D eigenvalue weighted by atomic mass is 16.1. The standard InChI is InChI=1S/C14H20N2O/c1-11-10-16(8-7-14(11)17)13-6-4-5-12(9-13)15(2)3/h4-6,9,11H,7-8,10H2,1-3H3. The lowest BCUT2D eigenvalue weighted by atomic mass is 9.98. The number of carbonyl (C=O) groups is 1. The SMILES string of the molecule is CC1CN(c2cccc(N(C)C)c2)CCC1=O. The second-order valence-corrected chi connectivity index (χ2v) is 4.98. The van der Waals surface area contributed by atoms with Gasteiger partial charge in [0, 0.05) is 50.9 Å². The first kappa shape index (κ1) is 12.0. The molecule has 0 aliphatic carbocycles. The first-order valence-corrected chi connectivity index (χ1v) is 6.13. The summed E-state index contributed by atoms with van der Waals surface area (Å²) in [5, 5.41) is 0. The molecule has 1 aliphatic rings. The van der Waals surface area contributed by atoms with Crippen LogP contribution in [0.5, 0.6) is 0 Å². The Kier molecular flexibility index (Phi) is 3.36. The van der Waals surface area contributed by atoms with Crippen LogP contribution >= 0.6 is 0 Å². The molecule has 0 saturated carbocycles. The van der Waals surface area contributed by atoms with Crippen LogP contribution in [0.3, 0.4) is 0 Å². The van der Waals surface area contributed by atoms with Crippen molar-refractivity contribution < 1.29 is 4.79 Å². The highest BCUT2D eigenvalue weighted by Crippen LogP contribution is 2.24. The number of carbonyl (C=O) groups excluding carboxylic acids is 1. The molecule has 0 bridgehead atoms. The van der Waals surface area contributed by atoms with Crippen molar-refractivity contribution in [2.45, 2.75) is 13.3 Å². The summed E-state index contributed by atoms with van der Waals surface area (Å²) >= 11 is 0. The fraction of sp³-hybridized carbons (Fsp3) is 0.500. The molecule has 3 nitrogen and oxygen atoms in total. The summed E-state index contributed by atoms with van der Waals surface area (Å²) < 4.78 is 0. The molecule has 1 atom stereocenters. The van der Waals surface area contributed by atoms with Gasteiger partial charge in [0.2, 0.25) is 0 Å². The molecule has 1 unspecified atom stereocenters. The lowest BCUT2D eigenvalue weighted by Gasteiger charge is -2.32. The molecule has 1 aromatic rings. The average molecular weight is 232 g/mol. The molecule has 17 heavy (non-hydrogen) atoms. The number of piperidine rings is 1. The molecule has 0 spiro atoms. The van der Waals surface area contributed by atoms with Crippen LogP contribution in [0.4, 0.5) is 11.4 Å². The Morgan fingerprint density at radius 3 is 2.76 bits per heavy atom. The van der Waals surface area contributed by atoms with Crippen molar-refractivity contribution in [2.24, 2.45) is 5.92 Å². The number of hydrogen-bond donors (Lipinski definition) is 0. The highest BCUT2D eigenvalue weighted by molar-refractivity contribution is 5.83. The molecule has 0 amide bonds. The minimum atomic E-state index is 0.159. The van der Waals surface area contributed by atoms with E-state index in [1.807, 2.05) is 21.0 Å². The van der Waals surface area contributed by atoms with Gasteiger partial charge >= 0.3 is 0 Å². The van der Waals surface area contributed by atoms with Gasteiger partial charge in [-0.1, -0.05) is 13.0 Å². The zero-order chi connectivity index (χ0) is 12.4. The highest BCUT2D eigenvalue weighted by Gasteiger charge is 2.23. The zero-order valence-electron chi connectivity index (χ0n) is 10.8. The Morgan fingerprint density at radius 2 is 2.12 bits per heavy atom. The maximum atomic E-state index is 11.5. The average Bonchev–Trinajstić information content (AvgIpc) is 2.33. The monoisotopic (exact) mass is 232 g/mol. The number of anilines is 2. The third-order valence-corrected chi connectivity index (χ3v) is 3.38. The largest absolute Gasteiger partial charge is 0.378 e. The van der Waals surface area contributed by atoms with Crippen molar-refractivity contribution in [3.05, 3.63) is 24.3 Å². The predicted octanol–water partition coefficient (Wildman–Crippen LogP) is 2.17. The number of rotatable bonds is 2. The van der Waals surface area contributed by atoms with Crippen LogP contribution in [-0.4, -0.2) is 33.0 Å². The normalized spacial score (nSPS) is 20.5. The Labute approximate surface area is 103 Å². The van der Waals surface area contributed by atoms with E-state index in [1.54, 1.807) is 0 Å². The first-order valence-electron chi connectivity index (χ1n) is 6.13. The summed E-state index contributed by atoms with van der Waals surface area (Å²) in [5.41, 5.74) is 2.42. The third kappa shape index (κ3) is 2.60. The van der Waals surface area contributed by atoms with E-state index in [0.29, 0.717) is 12.2 Å². The van der Waals surface area contributed by atoms with Crippen LogP contribution in [0.2, 0.25) is 0 Å². The summed E-state index contributed by atoms with van der Waals surface area (Å²) in [6, 6.07) is 8.48. The van der Waals surface area contributed by atoms with Gasteiger partial charge in [0.05, 0.1) is 0 Å². The lowest BCUT2D eigenvalue weighted by molar-refractivity contribution is -0.122. The van der Waals surface area contributed by atoms with E-state index in [4.69, 9.17) is 0 Å². The van der Waals surface area contributed by atoms with E-state index in [1.165, 1.54) is 11.4 Å². The third-order valence-electron chi connectivity index (χ3n) is 3.38. The van der Waals surface area contributed by atoms with Crippen molar-refractivity contribution in [2.75, 3.05) is 37.0 Å². The summed E-state index contributed by atoms with van der Waals surface area (Å²) in [5.74, 6) is 0.553. The smallest absolute Gasteiger partial charge is 0.139 e. The molecule has 0 aromatic heterocycles. The summed E-state index contributed by atoms with van der Waals surface area (Å²) in [7, 11) is 4.09. The molecule has 3 heteroatoms. The topological polar surface area (TPSA) is 23.6 Å². The van der Waals surface area contributed by atoms with Gasteiger partial charge in [0.1, 0.15) is 5.78 Å². The molecule has 0 radical (unpaired) electrons. The maximum Gasteiger partial charge on any atom is 0.139 e. The second kappa shape index (κ2) is 4.78. The molecule has 1 aromatic carbocycles. The van der Waals surface area contributed by atoms with Crippen LogP contribution in [0.15, 0.2) is 24.3 Å². The van der Waals surface area contributed by atoms with Gasteiger partial charge in [-0.25, -0.2) is 0 Å². The summed E-state index contributed by atoms with van der Waals surface area (Å²) in [4.78, 5) is 15.9. The second-order valence-electron chi connectivity index (χ2n) is 4.98. The molecular formula is C14H20N2O. The fourth-order valence-electron chi connectivity index (χ4n) is 2.22. The molecule has 1 saturated heterocycles. The van der Waals surface area contributed by atoms with Crippen LogP contribution in [0.25, 0.3) is 0 Å². The minimum Gasteiger partial charge on any atom is -0.378 e. The lowest BCUT2D eigenvalue weighted by Crippen LogP contribution is -2.39. The van der Waals surface area contributed by atoms with E-state index in [-0.39, 0.29) is 5.92 Å². The summed E-state index contributed by atoms with van der Waals surface area (Å²) in [6.07, 6.45) is 0.674. The van der Waals surface area contributed by atoms with Gasteiger partial charge in [-0.15, -0.1) is 0 Å². The van der Waals surface area contributed by atoms with Crippen LogP contribution < -0.4 is 9.80 Å². The van der Waals surface area contributed by atoms with Crippen molar-refractivity contribution in [3.63, 3.8) is 0 Å². The van der Waals surface area contributed by atoms with Gasteiger partial charge in [-0.2, -0.15) is 0 Å². The van der Waals surface area contributed by atoms with Crippen molar-refractivity contribution in [1.29, 1.82) is 0 Å². The van der Waals surface area contributed by atoms with Crippen LogP contribution in [0.1, 0.15) is 13.3 Å². The Morgan fingerprint density at radius 1 is 1.35 bits per heavy atom. The molecular weight excluding hydrogens is 212 g/mol. The van der Waals surface area contributed by atoms with Gasteiger partial charge in [-0.05, 0) is 18.2 Å². The number of nitrogens with zero attached hydrogens (tertiary/aromatic N) is 2. The van der Waals surface area contributed by atoms with Crippen molar-refractivity contribution >= 4 is 17.2 Å². The van der Waals surface area contributed by atoms with Gasteiger partial charge in [-0.3, -0.25) is 4.79 Å². The summed E-state index contributed by atoms with van der Waals surface area (Å²) in [6.45, 7) is 3.71. The van der Waals surface area contributed by atoms with Gasteiger partial charge in [0.15, 0.2) is 0 Å². The van der Waals surface area contributed by atoms with Crippen LogP contribution in [-0.2, 0) is 4.79 Å². The predicted molar refractivity (Wildman–Crippen MR) is 71.8 cm³/mol.